The summed E-state index contributed by atoms with van der Waals surface area (Å²) in [5.41, 5.74) is 1.44. The van der Waals surface area contributed by atoms with E-state index in [1.807, 2.05) is 12.1 Å². The number of carbonyl (C=O) groups excluding carboxylic acids is 1. The van der Waals surface area contributed by atoms with E-state index in [1.54, 1.807) is 18.4 Å². The van der Waals surface area contributed by atoms with Gasteiger partial charge in [-0.25, -0.2) is 0 Å². The van der Waals surface area contributed by atoms with Crippen molar-refractivity contribution in [3.8, 4) is 0 Å². The fourth-order valence-electron chi connectivity index (χ4n) is 1.58. The summed E-state index contributed by atoms with van der Waals surface area (Å²) in [7, 11) is 0. The smallest absolute Gasteiger partial charge is 0.185 e. The maximum atomic E-state index is 10.5. The third-order valence-electron chi connectivity index (χ3n) is 2.23. The lowest BCUT2D eigenvalue weighted by Gasteiger charge is -1.87. The summed E-state index contributed by atoms with van der Waals surface area (Å²) >= 11 is 0. The third-order valence-corrected chi connectivity index (χ3v) is 2.23. The lowest BCUT2D eigenvalue weighted by atomic mass is 10.2. The maximum Gasteiger partial charge on any atom is 0.185 e. The Morgan fingerprint density at radius 2 is 2.00 bits per heavy atom. The van der Waals surface area contributed by atoms with Crippen LogP contribution in [0.5, 0.6) is 0 Å². The van der Waals surface area contributed by atoms with Crippen molar-refractivity contribution in [1.29, 1.82) is 0 Å². The molecule has 0 saturated carbocycles. The second-order valence-corrected chi connectivity index (χ2v) is 3.12. The van der Waals surface area contributed by atoms with Crippen LogP contribution in [0.25, 0.3) is 21.9 Å². The van der Waals surface area contributed by atoms with Crippen LogP contribution in [0.1, 0.15) is 10.6 Å². The molecule has 0 unspecified atom stereocenters. The van der Waals surface area contributed by atoms with E-state index in [1.165, 1.54) is 0 Å². The zero-order valence-electron chi connectivity index (χ0n) is 7.19. The molecule has 0 aliphatic rings. The van der Waals surface area contributed by atoms with E-state index in [-0.39, 0.29) is 0 Å². The van der Waals surface area contributed by atoms with E-state index in [4.69, 9.17) is 8.83 Å². The second-order valence-electron chi connectivity index (χ2n) is 3.12. The Morgan fingerprint density at radius 3 is 2.86 bits per heavy atom. The number of hydrogen-bond donors (Lipinski definition) is 0. The monoisotopic (exact) mass is 186 g/mol. The van der Waals surface area contributed by atoms with Gasteiger partial charge in [0.25, 0.3) is 0 Å². The van der Waals surface area contributed by atoms with Crippen LogP contribution in [0.15, 0.2) is 39.4 Å². The minimum absolute atomic E-state index is 0.340. The predicted octanol–water partition coefficient (Wildman–Crippen LogP) is 2.99. The highest BCUT2D eigenvalue weighted by atomic mass is 16.3. The first-order valence-corrected chi connectivity index (χ1v) is 4.23. The number of fused-ring (bicyclic) bond motifs is 2. The van der Waals surface area contributed by atoms with Crippen LogP contribution in [0, 0.1) is 0 Å². The van der Waals surface area contributed by atoms with Crippen LogP contribution in [0.3, 0.4) is 0 Å². The molecule has 0 N–H and O–H groups in total. The van der Waals surface area contributed by atoms with Gasteiger partial charge in [0.1, 0.15) is 11.2 Å². The SMILES string of the molecule is O=Cc1cc2cc3ccoc3cc2o1. The fraction of sp³-hybridized carbons (Fsp3) is 0. The molecule has 14 heavy (non-hydrogen) atoms. The highest BCUT2D eigenvalue weighted by molar-refractivity contribution is 5.95. The van der Waals surface area contributed by atoms with E-state index in [0.717, 1.165) is 16.4 Å². The van der Waals surface area contributed by atoms with E-state index in [9.17, 15) is 4.79 Å². The Labute approximate surface area is 78.9 Å². The standard InChI is InChI=1S/C11H6O3/c12-6-9-4-8-3-7-1-2-13-10(7)5-11(8)14-9/h1-6H. The van der Waals surface area contributed by atoms with Crippen LogP contribution in [0.2, 0.25) is 0 Å². The molecule has 0 spiro atoms. The van der Waals surface area contributed by atoms with Crippen LogP contribution < -0.4 is 0 Å². The van der Waals surface area contributed by atoms with Crippen molar-refractivity contribution in [3.63, 3.8) is 0 Å². The molecule has 0 saturated heterocycles. The van der Waals surface area contributed by atoms with Gasteiger partial charge >= 0.3 is 0 Å². The molecule has 3 rings (SSSR count). The Hall–Kier alpha value is -2.03. The van der Waals surface area contributed by atoms with Crippen molar-refractivity contribution in [2.45, 2.75) is 0 Å². The molecule has 0 atom stereocenters. The number of benzene rings is 1. The average Bonchev–Trinajstić information content (AvgIpc) is 2.77. The van der Waals surface area contributed by atoms with Crippen molar-refractivity contribution >= 4 is 28.2 Å². The number of rotatable bonds is 1. The number of furan rings is 2. The summed E-state index contributed by atoms with van der Waals surface area (Å²) in [5.74, 6) is 0.340. The van der Waals surface area contributed by atoms with Crippen molar-refractivity contribution in [3.05, 3.63) is 36.3 Å². The van der Waals surface area contributed by atoms with Crippen LogP contribution in [-0.2, 0) is 0 Å². The second kappa shape index (κ2) is 2.48. The molecule has 0 radical (unpaired) electrons. The molecule has 0 fully saturated rings. The number of hydrogen-bond acceptors (Lipinski definition) is 3. The Kier molecular flexibility index (Phi) is 1.31. The summed E-state index contributed by atoms with van der Waals surface area (Å²) in [4.78, 5) is 10.5. The lowest BCUT2D eigenvalue weighted by molar-refractivity contribution is 0.110. The maximum absolute atomic E-state index is 10.5. The van der Waals surface area contributed by atoms with Gasteiger partial charge in [0.05, 0.1) is 6.26 Å². The topological polar surface area (TPSA) is 43.4 Å². The Bertz CT molecular complexity index is 568. The lowest BCUT2D eigenvalue weighted by Crippen LogP contribution is -1.65. The molecule has 2 heterocycles. The Balaban J connectivity index is 2.46. The van der Waals surface area contributed by atoms with Crippen LogP contribution >= 0.6 is 0 Å². The van der Waals surface area contributed by atoms with Crippen molar-refractivity contribution < 1.29 is 13.6 Å². The third kappa shape index (κ3) is 0.893. The summed E-state index contributed by atoms with van der Waals surface area (Å²) in [6.07, 6.45) is 2.33. The highest BCUT2D eigenvalue weighted by Gasteiger charge is 2.05. The van der Waals surface area contributed by atoms with Gasteiger partial charge in [-0.2, -0.15) is 0 Å². The zero-order chi connectivity index (χ0) is 9.54. The van der Waals surface area contributed by atoms with Crippen LogP contribution in [0.4, 0.5) is 0 Å². The van der Waals surface area contributed by atoms with Gasteiger partial charge in [0.2, 0.25) is 0 Å². The molecule has 3 nitrogen and oxygen atoms in total. The summed E-state index contributed by atoms with van der Waals surface area (Å²) in [5, 5.41) is 1.93. The van der Waals surface area contributed by atoms with Gasteiger partial charge in [0.15, 0.2) is 12.0 Å². The predicted molar refractivity (Wildman–Crippen MR) is 51.4 cm³/mol. The van der Waals surface area contributed by atoms with Gasteiger partial charge in [0, 0.05) is 16.8 Å². The Morgan fingerprint density at radius 1 is 1.07 bits per heavy atom. The molecule has 0 amide bonds. The number of aldehydes is 1. The molecule has 2 aromatic heterocycles. The largest absolute Gasteiger partial charge is 0.464 e. The molecule has 3 aromatic rings. The summed E-state index contributed by atoms with van der Waals surface area (Å²) < 4.78 is 10.5. The van der Waals surface area contributed by atoms with Gasteiger partial charge in [-0.3, -0.25) is 4.79 Å². The van der Waals surface area contributed by atoms with Gasteiger partial charge in [-0.15, -0.1) is 0 Å². The number of carbonyl (C=O) groups is 1. The zero-order valence-corrected chi connectivity index (χ0v) is 7.19. The molecule has 0 aliphatic carbocycles. The highest BCUT2D eigenvalue weighted by Crippen LogP contribution is 2.25. The van der Waals surface area contributed by atoms with Gasteiger partial charge in [-0.05, 0) is 18.2 Å². The molecule has 0 bridgehead atoms. The van der Waals surface area contributed by atoms with E-state index >= 15 is 0 Å². The van der Waals surface area contributed by atoms with Crippen molar-refractivity contribution in [2.24, 2.45) is 0 Å². The summed E-state index contributed by atoms with van der Waals surface area (Å²) in [6.45, 7) is 0. The molecular formula is C11H6O3. The van der Waals surface area contributed by atoms with E-state index in [0.29, 0.717) is 17.6 Å². The molecule has 0 aliphatic heterocycles. The first-order chi connectivity index (χ1) is 6.86. The van der Waals surface area contributed by atoms with Crippen molar-refractivity contribution in [1.82, 2.24) is 0 Å². The normalized spacial score (nSPS) is 11.1. The quantitative estimate of drug-likeness (QED) is 0.548. The molecule has 1 aromatic carbocycles. The first-order valence-electron chi connectivity index (χ1n) is 4.23. The van der Waals surface area contributed by atoms with Gasteiger partial charge < -0.3 is 8.83 Å². The van der Waals surface area contributed by atoms with E-state index < -0.39 is 0 Å². The molecular weight excluding hydrogens is 180 g/mol. The average molecular weight is 186 g/mol. The van der Waals surface area contributed by atoms with Crippen LogP contribution in [-0.4, -0.2) is 6.29 Å². The minimum Gasteiger partial charge on any atom is -0.464 e. The molecule has 68 valence electrons. The van der Waals surface area contributed by atoms with Crippen molar-refractivity contribution in [2.75, 3.05) is 0 Å². The van der Waals surface area contributed by atoms with Gasteiger partial charge in [-0.1, -0.05) is 0 Å². The minimum atomic E-state index is 0.340. The van der Waals surface area contributed by atoms with E-state index in [2.05, 4.69) is 0 Å². The summed E-state index contributed by atoms with van der Waals surface area (Å²) in [6, 6.07) is 7.32. The first kappa shape index (κ1) is 7.38. The molecule has 3 heteroatoms. The fourth-order valence-corrected chi connectivity index (χ4v) is 1.58.